The summed E-state index contributed by atoms with van der Waals surface area (Å²) in [6.07, 6.45) is 8.19. The molecule has 0 radical (unpaired) electrons. The van der Waals surface area contributed by atoms with Crippen LogP contribution in [0.4, 0.5) is 0 Å². The maximum absolute atomic E-state index is 5.93. The minimum absolute atomic E-state index is 0.462. The summed E-state index contributed by atoms with van der Waals surface area (Å²) in [6, 6.07) is 7.69. The standard InChI is InChI=1S/C23H28N8OS/c1-2-3-17-12-24-23(25-13-17)30-10-8-18(9-11-30)22-27-19(15-33-22)14-32-21-6-4-20(5-7-21)31-16-26-28-29-31/h4-7,12,15-18H,2-3,8-11,13-14H2,1H3. The van der Waals surface area contributed by atoms with Crippen molar-refractivity contribution in [3.8, 4) is 11.4 Å². The van der Waals surface area contributed by atoms with E-state index in [2.05, 4.69) is 43.9 Å². The van der Waals surface area contributed by atoms with Crippen molar-refractivity contribution < 1.29 is 4.74 Å². The van der Waals surface area contributed by atoms with Gasteiger partial charge in [-0.15, -0.1) is 16.4 Å². The Hall–Kier alpha value is -3.14. The highest BCUT2D eigenvalue weighted by Crippen LogP contribution is 2.31. The number of benzene rings is 1. The molecule has 0 spiro atoms. The number of aromatic nitrogens is 5. The van der Waals surface area contributed by atoms with Gasteiger partial charge in [0.1, 0.15) is 18.7 Å². The topological polar surface area (TPSA) is 93.7 Å². The molecule has 4 heterocycles. The van der Waals surface area contributed by atoms with E-state index in [1.807, 2.05) is 24.3 Å². The number of hydrogen-bond acceptors (Lipinski definition) is 9. The van der Waals surface area contributed by atoms with Crippen LogP contribution in [0.3, 0.4) is 0 Å². The first kappa shape index (κ1) is 21.7. The number of tetrazole rings is 1. The Balaban J connectivity index is 1.10. The molecule has 3 aromatic rings. The van der Waals surface area contributed by atoms with Crippen LogP contribution in [0.1, 0.15) is 49.2 Å². The molecular formula is C23H28N8OS. The second kappa shape index (κ2) is 10.2. The third-order valence-electron chi connectivity index (χ3n) is 6.06. The van der Waals surface area contributed by atoms with Gasteiger partial charge in [0.05, 0.1) is 22.9 Å². The van der Waals surface area contributed by atoms with Crippen molar-refractivity contribution in [3.63, 3.8) is 0 Å². The monoisotopic (exact) mass is 464 g/mol. The van der Waals surface area contributed by atoms with Gasteiger partial charge in [0.2, 0.25) is 5.96 Å². The predicted octanol–water partition coefficient (Wildman–Crippen LogP) is 3.73. The average Bonchev–Trinajstić information content (AvgIpc) is 3.57. The number of thiazole rings is 1. The lowest BCUT2D eigenvalue weighted by Gasteiger charge is -2.32. The third kappa shape index (κ3) is 5.27. The molecule has 10 heteroatoms. The van der Waals surface area contributed by atoms with Gasteiger partial charge in [0, 0.05) is 36.5 Å². The fourth-order valence-corrected chi connectivity index (χ4v) is 5.19. The smallest absolute Gasteiger partial charge is 0.220 e. The van der Waals surface area contributed by atoms with Crippen LogP contribution in [-0.4, -0.2) is 61.9 Å². The maximum Gasteiger partial charge on any atom is 0.220 e. The Kier molecular flexibility index (Phi) is 6.71. The molecule has 0 N–H and O–H groups in total. The first-order valence-electron chi connectivity index (χ1n) is 11.5. The number of hydrogen-bond donors (Lipinski definition) is 0. The highest BCUT2D eigenvalue weighted by atomic mass is 32.1. The van der Waals surface area contributed by atoms with Gasteiger partial charge >= 0.3 is 0 Å². The molecule has 0 amide bonds. The third-order valence-corrected chi connectivity index (χ3v) is 7.12. The van der Waals surface area contributed by atoms with Crippen LogP contribution in [0.5, 0.6) is 5.75 Å². The Morgan fingerprint density at radius 1 is 1.15 bits per heavy atom. The zero-order chi connectivity index (χ0) is 22.5. The number of rotatable bonds is 7. The summed E-state index contributed by atoms with van der Waals surface area (Å²) in [7, 11) is 0. The van der Waals surface area contributed by atoms with E-state index in [1.54, 1.807) is 22.3 Å². The van der Waals surface area contributed by atoms with Crippen LogP contribution < -0.4 is 4.74 Å². The van der Waals surface area contributed by atoms with E-state index in [1.165, 1.54) is 17.8 Å². The van der Waals surface area contributed by atoms with Crippen molar-refractivity contribution in [2.75, 3.05) is 19.6 Å². The zero-order valence-corrected chi connectivity index (χ0v) is 19.6. The number of piperidine rings is 1. The van der Waals surface area contributed by atoms with Gasteiger partial charge in [0.15, 0.2) is 0 Å². The second-order valence-corrected chi connectivity index (χ2v) is 9.33. The average molecular weight is 465 g/mol. The number of nitrogens with zero attached hydrogens (tertiary/aromatic N) is 8. The van der Waals surface area contributed by atoms with Crippen LogP contribution in [0.25, 0.3) is 5.69 Å². The van der Waals surface area contributed by atoms with Crippen LogP contribution in [0.2, 0.25) is 0 Å². The van der Waals surface area contributed by atoms with Crippen molar-refractivity contribution >= 4 is 23.5 Å². The normalized spacial score (nSPS) is 19.0. The molecule has 5 rings (SSSR count). The minimum Gasteiger partial charge on any atom is -0.487 e. The van der Waals surface area contributed by atoms with Crippen molar-refractivity contribution in [1.29, 1.82) is 0 Å². The highest BCUT2D eigenvalue weighted by molar-refractivity contribution is 7.09. The molecule has 1 atom stereocenters. The molecule has 1 fully saturated rings. The number of likely N-dealkylation sites (tertiary alicyclic amines) is 1. The van der Waals surface area contributed by atoms with E-state index in [0.29, 0.717) is 18.4 Å². The lowest BCUT2D eigenvalue weighted by Crippen LogP contribution is -2.38. The van der Waals surface area contributed by atoms with Crippen molar-refractivity contribution in [2.45, 2.75) is 45.1 Å². The second-order valence-electron chi connectivity index (χ2n) is 8.44. The molecule has 0 bridgehead atoms. The van der Waals surface area contributed by atoms with Crippen LogP contribution in [0, 0.1) is 5.92 Å². The van der Waals surface area contributed by atoms with Crippen molar-refractivity contribution in [3.05, 3.63) is 46.7 Å². The summed E-state index contributed by atoms with van der Waals surface area (Å²) in [5.74, 6) is 2.72. The van der Waals surface area contributed by atoms with E-state index in [-0.39, 0.29) is 0 Å². The quantitative estimate of drug-likeness (QED) is 0.529. The van der Waals surface area contributed by atoms with Crippen molar-refractivity contribution in [1.82, 2.24) is 30.1 Å². The van der Waals surface area contributed by atoms with Crippen LogP contribution in [0.15, 0.2) is 46.0 Å². The van der Waals surface area contributed by atoms with Gasteiger partial charge in [-0.1, -0.05) is 13.3 Å². The molecule has 2 aliphatic rings. The summed E-state index contributed by atoms with van der Waals surface area (Å²) in [5.41, 5.74) is 1.87. The van der Waals surface area contributed by atoms with E-state index >= 15 is 0 Å². The lowest BCUT2D eigenvalue weighted by atomic mass is 9.97. The van der Waals surface area contributed by atoms with E-state index in [9.17, 15) is 0 Å². The number of aliphatic imine (C=N–C) groups is 2. The molecule has 1 saturated heterocycles. The van der Waals surface area contributed by atoms with E-state index < -0.39 is 0 Å². The van der Waals surface area contributed by atoms with Gasteiger partial charge in [0.25, 0.3) is 0 Å². The summed E-state index contributed by atoms with van der Waals surface area (Å²) < 4.78 is 7.54. The molecule has 2 aromatic heterocycles. The summed E-state index contributed by atoms with van der Waals surface area (Å²) in [5, 5.41) is 14.5. The molecule has 9 nitrogen and oxygen atoms in total. The Morgan fingerprint density at radius 3 is 2.70 bits per heavy atom. The van der Waals surface area contributed by atoms with E-state index in [4.69, 9.17) is 14.7 Å². The molecule has 1 aromatic carbocycles. The number of ether oxygens (including phenoxy) is 1. The first-order chi connectivity index (χ1) is 16.3. The Morgan fingerprint density at radius 2 is 2.00 bits per heavy atom. The maximum atomic E-state index is 5.93. The largest absolute Gasteiger partial charge is 0.487 e. The fraction of sp³-hybridized carbons (Fsp3) is 0.478. The predicted molar refractivity (Wildman–Crippen MR) is 128 cm³/mol. The molecular weight excluding hydrogens is 436 g/mol. The highest BCUT2D eigenvalue weighted by Gasteiger charge is 2.25. The molecule has 172 valence electrons. The lowest BCUT2D eigenvalue weighted by molar-refractivity contribution is 0.297. The summed E-state index contributed by atoms with van der Waals surface area (Å²) in [4.78, 5) is 16.6. The minimum atomic E-state index is 0.462. The van der Waals surface area contributed by atoms with Gasteiger partial charge in [-0.05, 0) is 54.0 Å². The Labute approximate surface area is 197 Å². The van der Waals surface area contributed by atoms with Gasteiger partial charge in [-0.2, -0.15) is 0 Å². The Bertz CT molecular complexity index is 1080. The summed E-state index contributed by atoms with van der Waals surface area (Å²) in [6.45, 7) is 5.52. The zero-order valence-electron chi connectivity index (χ0n) is 18.7. The summed E-state index contributed by atoms with van der Waals surface area (Å²) >= 11 is 1.74. The first-order valence-corrected chi connectivity index (χ1v) is 12.4. The molecule has 2 aliphatic heterocycles. The molecule has 1 unspecified atom stereocenters. The SMILES string of the molecule is CCCC1C=NC(N2CCC(c3nc(COc4ccc(-n5cnnn5)cc4)cs3)CC2)=NC1. The van der Waals surface area contributed by atoms with Crippen LogP contribution in [-0.2, 0) is 6.61 Å². The van der Waals surface area contributed by atoms with Crippen LogP contribution >= 0.6 is 11.3 Å². The van der Waals surface area contributed by atoms with E-state index in [0.717, 1.165) is 55.6 Å². The molecule has 0 aliphatic carbocycles. The van der Waals surface area contributed by atoms with Gasteiger partial charge in [-0.25, -0.2) is 14.7 Å². The number of guanidine groups is 1. The molecule has 0 saturated carbocycles. The van der Waals surface area contributed by atoms with Gasteiger partial charge in [-0.3, -0.25) is 4.99 Å². The fourth-order valence-electron chi connectivity index (χ4n) is 4.21. The molecule has 33 heavy (non-hydrogen) atoms. The van der Waals surface area contributed by atoms with Gasteiger partial charge < -0.3 is 9.64 Å². The van der Waals surface area contributed by atoms with Crippen molar-refractivity contribution in [2.24, 2.45) is 15.9 Å².